The average molecular weight is 268 g/mol. The van der Waals surface area contributed by atoms with Gasteiger partial charge in [-0.1, -0.05) is 36.4 Å². The maximum Gasteiger partial charge on any atom is 0.247 e. The topological polar surface area (TPSA) is 32.9 Å². The zero-order chi connectivity index (χ0) is 13.9. The minimum absolute atomic E-state index is 0.0993. The molecular weight excluding hydrogens is 252 g/mol. The quantitative estimate of drug-likeness (QED) is 0.905. The van der Waals surface area contributed by atoms with Crippen molar-refractivity contribution in [3.05, 3.63) is 69.6 Å². The summed E-state index contributed by atoms with van der Waals surface area (Å²) in [5, 5.41) is 0. The Bertz CT molecular complexity index is 652. The Balaban J connectivity index is 1.65. The van der Waals surface area contributed by atoms with Crippen molar-refractivity contribution < 1.29 is 4.39 Å². The Kier molecular flexibility index (Phi) is 3.50. The van der Waals surface area contributed by atoms with Crippen molar-refractivity contribution in [2.24, 2.45) is 5.92 Å². The third kappa shape index (κ3) is 3.23. The molecule has 2 nitrogen and oxygen atoms in total. The predicted molar refractivity (Wildman–Crippen MR) is 79.1 cm³/mol. The van der Waals surface area contributed by atoms with Gasteiger partial charge in [-0.2, -0.15) is 0 Å². The van der Waals surface area contributed by atoms with Gasteiger partial charge in [-0.3, -0.25) is 4.79 Å². The van der Waals surface area contributed by atoms with E-state index in [1.165, 1.54) is 11.6 Å². The molecule has 1 aromatic heterocycles. The van der Waals surface area contributed by atoms with E-state index in [4.69, 9.17) is 0 Å². The molecule has 0 spiro atoms. The molecule has 1 N–H and O–H groups in total. The monoisotopic (exact) mass is 268 g/mol. The van der Waals surface area contributed by atoms with Gasteiger partial charge in [0, 0.05) is 12.3 Å². The second-order valence-corrected chi connectivity index (χ2v) is 5.28. The summed E-state index contributed by atoms with van der Waals surface area (Å²) in [5.41, 5.74) is 3.13. The number of pyridine rings is 1. The maximum absolute atomic E-state index is 12.8. The average Bonchev–Trinajstić information content (AvgIpc) is 3.15. The highest BCUT2D eigenvalue weighted by atomic mass is 18.2. The Morgan fingerprint density at radius 2 is 1.75 bits per heavy atom. The summed E-state index contributed by atoms with van der Waals surface area (Å²) in [5.74, 6) is 0.234. The van der Waals surface area contributed by atoms with Crippen molar-refractivity contribution in [3.63, 3.8) is 0 Å². The third-order valence-electron chi connectivity index (χ3n) is 3.59. The van der Waals surface area contributed by atoms with E-state index in [0.29, 0.717) is 6.42 Å². The van der Waals surface area contributed by atoms with E-state index in [2.05, 4.69) is 17.1 Å². The fraction of sp³-hybridized carbons (Fsp3) is 0.235. The first-order chi connectivity index (χ1) is 9.70. The molecule has 1 heterocycles. The summed E-state index contributed by atoms with van der Waals surface area (Å²) in [4.78, 5) is 13.6. The first-order valence-electron chi connectivity index (χ1n) is 6.80. The molecule has 1 aliphatic rings. The van der Waals surface area contributed by atoms with Crippen molar-refractivity contribution in [1.82, 2.24) is 4.98 Å². The van der Waals surface area contributed by atoms with Crippen molar-refractivity contribution in [2.75, 3.05) is 0 Å². The summed E-state index contributed by atoms with van der Waals surface area (Å²) >= 11 is 0. The molecule has 102 valence electrons. The van der Waals surface area contributed by atoms with Crippen LogP contribution in [0.2, 0.25) is 0 Å². The molecule has 1 fully saturated rings. The van der Waals surface area contributed by atoms with Gasteiger partial charge >= 0.3 is 0 Å². The standard InChI is InChI=1S/C17H16FNO/c18-16-10-15(16)9-13-4-1-12(2-5-13)3-6-14-7-8-17(20)19-11-14/h1-8,11,15-16H,9-10H2,(H,19,20)/b6-3+/i18-1. The second-order valence-electron chi connectivity index (χ2n) is 5.28. The van der Waals surface area contributed by atoms with Crippen LogP contribution in [0.25, 0.3) is 12.2 Å². The number of aromatic amines is 1. The van der Waals surface area contributed by atoms with Crippen LogP contribution in [-0.2, 0) is 6.42 Å². The van der Waals surface area contributed by atoms with Crippen LogP contribution < -0.4 is 5.56 Å². The lowest BCUT2D eigenvalue weighted by molar-refractivity contribution is 0.445. The van der Waals surface area contributed by atoms with Crippen LogP contribution in [0, 0.1) is 5.92 Å². The van der Waals surface area contributed by atoms with Crippen LogP contribution in [-0.4, -0.2) is 11.2 Å². The number of halogens is 1. The Hall–Kier alpha value is -2.16. The molecule has 0 saturated heterocycles. The molecule has 1 saturated carbocycles. The zero-order valence-electron chi connectivity index (χ0n) is 11.1. The number of hydrogen-bond acceptors (Lipinski definition) is 1. The molecule has 2 atom stereocenters. The minimum atomic E-state index is -0.588. The van der Waals surface area contributed by atoms with Gasteiger partial charge in [0.15, 0.2) is 0 Å². The predicted octanol–water partition coefficient (Wildman–Crippen LogP) is 3.45. The zero-order valence-corrected chi connectivity index (χ0v) is 11.1. The second kappa shape index (κ2) is 5.45. The van der Waals surface area contributed by atoms with Gasteiger partial charge in [-0.25, -0.2) is 4.39 Å². The van der Waals surface area contributed by atoms with Gasteiger partial charge in [0.05, 0.1) is 0 Å². The van der Waals surface area contributed by atoms with Crippen LogP contribution >= 0.6 is 0 Å². The van der Waals surface area contributed by atoms with Crippen LogP contribution in [0.5, 0.6) is 0 Å². The van der Waals surface area contributed by atoms with E-state index in [-0.39, 0.29) is 11.5 Å². The summed E-state index contributed by atoms with van der Waals surface area (Å²) in [6, 6.07) is 11.5. The molecule has 0 aliphatic heterocycles. The molecular formula is C17H16FNO. The Labute approximate surface area is 117 Å². The highest BCUT2D eigenvalue weighted by molar-refractivity contribution is 5.69. The fourth-order valence-electron chi connectivity index (χ4n) is 2.21. The number of benzene rings is 1. The van der Waals surface area contributed by atoms with Crippen molar-refractivity contribution in [3.8, 4) is 0 Å². The van der Waals surface area contributed by atoms with Gasteiger partial charge in [0.1, 0.15) is 6.17 Å². The lowest BCUT2D eigenvalue weighted by Crippen LogP contribution is -2.00. The number of alkyl halides is 1. The van der Waals surface area contributed by atoms with Gasteiger partial charge < -0.3 is 4.98 Å². The molecule has 1 aromatic carbocycles. The third-order valence-corrected chi connectivity index (χ3v) is 3.59. The molecule has 0 amide bonds. The van der Waals surface area contributed by atoms with Gasteiger partial charge in [-0.05, 0) is 41.5 Å². The van der Waals surface area contributed by atoms with E-state index in [0.717, 1.165) is 17.5 Å². The van der Waals surface area contributed by atoms with Gasteiger partial charge in [0.25, 0.3) is 0 Å². The summed E-state index contributed by atoms with van der Waals surface area (Å²) in [6.07, 6.45) is 6.59. The van der Waals surface area contributed by atoms with Crippen LogP contribution in [0.3, 0.4) is 0 Å². The Morgan fingerprint density at radius 1 is 1.10 bits per heavy atom. The lowest BCUT2D eigenvalue weighted by atomic mass is 10.1. The lowest BCUT2D eigenvalue weighted by Gasteiger charge is -2.00. The molecule has 0 radical (unpaired) electrons. The number of hydrogen-bond donors (Lipinski definition) is 1. The van der Waals surface area contributed by atoms with Crippen molar-refractivity contribution in [2.45, 2.75) is 19.0 Å². The number of nitrogens with one attached hydrogen (secondary N) is 1. The van der Waals surface area contributed by atoms with E-state index in [1.807, 2.05) is 24.3 Å². The first kappa shape index (κ1) is 12.9. The number of H-pyrrole nitrogens is 1. The van der Waals surface area contributed by atoms with E-state index >= 15 is 0 Å². The molecule has 20 heavy (non-hydrogen) atoms. The molecule has 1 aliphatic carbocycles. The van der Waals surface area contributed by atoms with Crippen LogP contribution in [0.1, 0.15) is 23.1 Å². The normalized spacial score (nSPS) is 21.2. The molecule has 2 aromatic rings. The highest BCUT2D eigenvalue weighted by Gasteiger charge is 2.36. The SMILES string of the molecule is O=c1ccc(/C=C/c2ccc(CC3CC3[18F])cc2)c[nH]1. The van der Waals surface area contributed by atoms with Crippen LogP contribution in [0.15, 0.2) is 47.4 Å². The summed E-state index contributed by atoms with van der Waals surface area (Å²) in [6.45, 7) is 0. The van der Waals surface area contributed by atoms with E-state index in [9.17, 15) is 9.18 Å². The summed E-state index contributed by atoms with van der Waals surface area (Å²) < 4.78 is 12.8. The van der Waals surface area contributed by atoms with Crippen LogP contribution in [0.4, 0.5) is 4.39 Å². The fourth-order valence-corrected chi connectivity index (χ4v) is 2.21. The molecule has 3 heteroatoms. The number of aromatic nitrogens is 1. The smallest absolute Gasteiger partial charge is 0.247 e. The highest BCUT2D eigenvalue weighted by Crippen LogP contribution is 2.36. The largest absolute Gasteiger partial charge is 0.329 e. The van der Waals surface area contributed by atoms with Crippen molar-refractivity contribution in [1.29, 1.82) is 0 Å². The minimum Gasteiger partial charge on any atom is -0.329 e. The number of rotatable bonds is 4. The van der Waals surface area contributed by atoms with Crippen molar-refractivity contribution >= 4 is 12.2 Å². The van der Waals surface area contributed by atoms with Gasteiger partial charge in [0.2, 0.25) is 5.56 Å². The molecule has 3 rings (SSSR count). The van der Waals surface area contributed by atoms with Gasteiger partial charge in [-0.15, -0.1) is 0 Å². The van der Waals surface area contributed by atoms with E-state index in [1.54, 1.807) is 12.3 Å². The molecule has 0 bridgehead atoms. The maximum atomic E-state index is 12.8. The first-order valence-corrected chi connectivity index (χ1v) is 6.80. The Morgan fingerprint density at radius 3 is 2.35 bits per heavy atom. The summed E-state index contributed by atoms with van der Waals surface area (Å²) in [7, 11) is 0. The molecule has 2 unspecified atom stereocenters. The van der Waals surface area contributed by atoms with E-state index < -0.39 is 6.17 Å².